The molecule has 1 aromatic carbocycles. The number of hydrogen-bond donors (Lipinski definition) is 1. The Morgan fingerprint density at radius 3 is 2.70 bits per heavy atom. The molecule has 1 aliphatic carbocycles. The van der Waals surface area contributed by atoms with E-state index in [0.717, 1.165) is 12.8 Å². The van der Waals surface area contributed by atoms with Gasteiger partial charge in [0.15, 0.2) is 0 Å². The van der Waals surface area contributed by atoms with Crippen molar-refractivity contribution in [1.29, 1.82) is 0 Å². The van der Waals surface area contributed by atoms with Gasteiger partial charge in [0.1, 0.15) is 0 Å². The van der Waals surface area contributed by atoms with Crippen LogP contribution in [-0.4, -0.2) is 25.8 Å². The second kappa shape index (κ2) is 5.76. The average molecular weight is 357 g/mol. The fourth-order valence-electron chi connectivity index (χ4n) is 2.02. The number of nitrogens with two attached hydrogens (primary N) is 1. The van der Waals surface area contributed by atoms with Gasteiger partial charge in [0.05, 0.1) is 11.4 Å². The summed E-state index contributed by atoms with van der Waals surface area (Å²) in [5.41, 5.74) is 6.86. The molecule has 1 fully saturated rings. The van der Waals surface area contributed by atoms with Crippen LogP contribution in [0.4, 0.5) is 5.69 Å². The zero-order valence-corrected chi connectivity index (χ0v) is 13.7. The molecule has 2 rings (SSSR count). The molecule has 0 radical (unpaired) electrons. The van der Waals surface area contributed by atoms with E-state index >= 15 is 0 Å². The topological polar surface area (TPSA) is 63.4 Å². The third-order valence-corrected chi connectivity index (χ3v) is 5.98. The summed E-state index contributed by atoms with van der Waals surface area (Å²) >= 11 is 3.30. The molecule has 0 aromatic heterocycles. The lowest BCUT2D eigenvalue weighted by Crippen LogP contribution is -2.33. The van der Waals surface area contributed by atoms with Crippen molar-refractivity contribution < 1.29 is 8.42 Å². The van der Waals surface area contributed by atoms with Crippen molar-refractivity contribution in [2.24, 2.45) is 5.92 Å². The summed E-state index contributed by atoms with van der Waals surface area (Å²) in [5, 5.41) is 0. The molecule has 0 heterocycles. The highest BCUT2D eigenvalue weighted by Gasteiger charge is 2.32. The van der Waals surface area contributed by atoms with Gasteiger partial charge in [-0.3, -0.25) is 0 Å². The van der Waals surface area contributed by atoms with Crippen LogP contribution in [-0.2, 0) is 10.0 Å². The van der Waals surface area contributed by atoms with E-state index in [1.807, 2.05) is 0 Å². The van der Waals surface area contributed by atoms with Crippen LogP contribution < -0.4 is 5.73 Å². The van der Waals surface area contributed by atoms with E-state index in [-0.39, 0.29) is 11.4 Å². The van der Waals surface area contributed by atoms with Crippen LogP contribution in [0.25, 0.3) is 0 Å². The third kappa shape index (κ3) is 3.17. The molecule has 0 saturated heterocycles. The highest BCUT2D eigenvalue weighted by atomic mass is 79.9. The fourth-order valence-corrected chi connectivity index (χ4v) is 4.15. The van der Waals surface area contributed by atoms with Crippen LogP contribution in [0.1, 0.15) is 18.4 Å². The monoisotopic (exact) mass is 356 g/mol. The zero-order valence-electron chi connectivity index (χ0n) is 11.3. The smallest absolute Gasteiger partial charge is 0.244 e. The van der Waals surface area contributed by atoms with Gasteiger partial charge in [-0.1, -0.05) is 5.92 Å². The first-order chi connectivity index (χ1) is 9.36. The maximum Gasteiger partial charge on any atom is 0.244 e. The molecule has 0 spiro atoms. The van der Waals surface area contributed by atoms with Crippen LogP contribution in [0.5, 0.6) is 0 Å². The van der Waals surface area contributed by atoms with Gasteiger partial charge in [0, 0.05) is 16.7 Å². The lowest BCUT2D eigenvalue weighted by Gasteiger charge is -2.21. The summed E-state index contributed by atoms with van der Waals surface area (Å²) in [5.74, 6) is 2.86. The highest BCUT2D eigenvalue weighted by Crippen LogP contribution is 2.33. The minimum absolute atomic E-state index is 0.0915. The number of benzene rings is 1. The summed E-state index contributed by atoms with van der Waals surface area (Å²) in [4.78, 5) is 0.231. The number of sulfonamides is 1. The van der Waals surface area contributed by atoms with Gasteiger partial charge in [0.25, 0.3) is 0 Å². The Kier molecular flexibility index (Phi) is 4.43. The molecule has 1 saturated carbocycles. The van der Waals surface area contributed by atoms with E-state index in [9.17, 15) is 8.42 Å². The van der Waals surface area contributed by atoms with Crippen molar-refractivity contribution in [2.45, 2.75) is 24.7 Å². The van der Waals surface area contributed by atoms with Gasteiger partial charge in [-0.25, -0.2) is 8.42 Å². The molecular formula is C14H17BrN2O2S. The predicted molar refractivity (Wildman–Crippen MR) is 83.6 cm³/mol. The van der Waals surface area contributed by atoms with Crippen molar-refractivity contribution >= 4 is 31.6 Å². The number of terminal acetylenes is 1. The Bertz CT molecular complexity index is 660. The van der Waals surface area contributed by atoms with Crippen LogP contribution in [0.15, 0.2) is 21.5 Å². The number of aryl methyl sites for hydroxylation is 1. The van der Waals surface area contributed by atoms with Crippen molar-refractivity contribution in [3.8, 4) is 12.3 Å². The minimum atomic E-state index is -3.60. The molecule has 0 atom stereocenters. The molecule has 0 aliphatic heterocycles. The predicted octanol–water partition coefficient (Wildman–Crippen LogP) is 2.37. The Morgan fingerprint density at radius 1 is 1.50 bits per heavy atom. The zero-order chi connectivity index (χ0) is 14.9. The Labute approximate surface area is 128 Å². The van der Waals surface area contributed by atoms with E-state index in [2.05, 4.69) is 21.9 Å². The van der Waals surface area contributed by atoms with Gasteiger partial charge in [-0.2, -0.15) is 4.31 Å². The second-order valence-electron chi connectivity index (χ2n) is 5.08. The molecule has 6 heteroatoms. The van der Waals surface area contributed by atoms with Crippen LogP contribution in [0.3, 0.4) is 0 Å². The number of rotatable bonds is 5. The molecule has 20 heavy (non-hydrogen) atoms. The Morgan fingerprint density at radius 2 is 2.15 bits per heavy atom. The number of nitrogen functional groups attached to an aromatic ring is 1. The molecular weight excluding hydrogens is 340 g/mol. The quantitative estimate of drug-likeness (QED) is 0.650. The molecule has 0 bridgehead atoms. The first-order valence-corrected chi connectivity index (χ1v) is 8.58. The van der Waals surface area contributed by atoms with Crippen molar-refractivity contribution in [1.82, 2.24) is 4.31 Å². The fraction of sp³-hybridized carbons (Fsp3) is 0.429. The first-order valence-electron chi connectivity index (χ1n) is 6.35. The summed E-state index contributed by atoms with van der Waals surface area (Å²) in [6, 6.07) is 3.21. The molecule has 2 N–H and O–H groups in total. The lowest BCUT2D eigenvalue weighted by molar-refractivity contribution is 0.430. The summed E-state index contributed by atoms with van der Waals surface area (Å²) in [6.07, 6.45) is 7.44. The number of hydrogen-bond acceptors (Lipinski definition) is 3. The number of halogens is 1. The van der Waals surface area contributed by atoms with E-state index < -0.39 is 10.0 Å². The Balaban J connectivity index is 2.41. The molecule has 0 unspecified atom stereocenters. The molecule has 1 aliphatic rings. The van der Waals surface area contributed by atoms with Gasteiger partial charge in [-0.15, -0.1) is 6.42 Å². The summed E-state index contributed by atoms with van der Waals surface area (Å²) < 4.78 is 27.5. The van der Waals surface area contributed by atoms with E-state index in [1.165, 1.54) is 10.4 Å². The number of anilines is 1. The molecule has 4 nitrogen and oxygen atoms in total. The summed E-state index contributed by atoms with van der Waals surface area (Å²) in [7, 11) is -3.60. The van der Waals surface area contributed by atoms with E-state index in [1.54, 1.807) is 13.0 Å². The van der Waals surface area contributed by atoms with E-state index in [0.29, 0.717) is 28.2 Å². The first kappa shape index (κ1) is 15.4. The van der Waals surface area contributed by atoms with E-state index in [4.69, 9.17) is 12.2 Å². The summed E-state index contributed by atoms with van der Waals surface area (Å²) in [6.45, 7) is 2.33. The van der Waals surface area contributed by atoms with Gasteiger partial charge in [-0.05, 0) is 59.3 Å². The normalized spacial score (nSPS) is 15.3. The third-order valence-electron chi connectivity index (χ3n) is 3.34. The number of nitrogens with zero attached hydrogens (tertiary/aromatic N) is 1. The standard InChI is InChI=1S/C14H17BrN2O2S/c1-3-6-17(9-11-4-5-11)20(18,19)14-8-13(16)12(15)7-10(14)2/h1,7-8,11H,4-6,9,16H2,2H3. The van der Waals surface area contributed by atoms with Gasteiger partial charge >= 0.3 is 0 Å². The van der Waals surface area contributed by atoms with Crippen LogP contribution in [0, 0.1) is 25.2 Å². The maximum atomic E-state index is 12.7. The van der Waals surface area contributed by atoms with Crippen molar-refractivity contribution in [2.75, 3.05) is 18.8 Å². The van der Waals surface area contributed by atoms with Gasteiger partial charge in [0.2, 0.25) is 10.0 Å². The molecule has 1 aromatic rings. The van der Waals surface area contributed by atoms with Crippen LogP contribution in [0.2, 0.25) is 0 Å². The largest absolute Gasteiger partial charge is 0.398 e. The minimum Gasteiger partial charge on any atom is -0.398 e. The molecule has 108 valence electrons. The van der Waals surface area contributed by atoms with Crippen molar-refractivity contribution in [3.63, 3.8) is 0 Å². The van der Waals surface area contributed by atoms with Crippen LogP contribution >= 0.6 is 15.9 Å². The SMILES string of the molecule is C#CCN(CC1CC1)S(=O)(=O)c1cc(N)c(Br)cc1C. The maximum absolute atomic E-state index is 12.7. The average Bonchev–Trinajstić information content (AvgIpc) is 3.17. The second-order valence-corrected chi connectivity index (χ2v) is 7.84. The Hall–Kier alpha value is -1.03. The lowest BCUT2D eigenvalue weighted by atomic mass is 10.2. The highest BCUT2D eigenvalue weighted by molar-refractivity contribution is 9.10. The van der Waals surface area contributed by atoms with Gasteiger partial charge < -0.3 is 5.73 Å². The molecule has 0 amide bonds. The van der Waals surface area contributed by atoms with Crippen molar-refractivity contribution in [3.05, 3.63) is 22.2 Å².